The Labute approximate surface area is 194 Å². The summed E-state index contributed by atoms with van der Waals surface area (Å²) in [5.41, 5.74) is 1.96. The van der Waals surface area contributed by atoms with Crippen molar-refractivity contribution in [2.24, 2.45) is 5.92 Å². The third kappa shape index (κ3) is 6.25. The molecule has 32 heavy (non-hydrogen) atoms. The summed E-state index contributed by atoms with van der Waals surface area (Å²) in [4.78, 5) is 41.7. The van der Waals surface area contributed by atoms with Gasteiger partial charge in [-0.15, -0.1) is 0 Å². The van der Waals surface area contributed by atoms with E-state index in [-0.39, 0.29) is 30.8 Å². The average Bonchev–Trinajstić information content (AvgIpc) is 3.24. The van der Waals surface area contributed by atoms with Crippen LogP contribution in [0.2, 0.25) is 5.02 Å². The van der Waals surface area contributed by atoms with Crippen LogP contribution in [0.5, 0.6) is 0 Å². The van der Waals surface area contributed by atoms with Crippen molar-refractivity contribution in [3.63, 3.8) is 0 Å². The second kappa shape index (κ2) is 10.9. The van der Waals surface area contributed by atoms with Gasteiger partial charge in [-0.3, -0.25) is 14.5 Å². The summed E-state index contributed by atoms with van der Waals surface area (Å²) < 4.78 is 0. The number of carbonyl (C=O) groups excluding carboxylic acids is 3. The third-order valence-electron chi connectivity index (χ3n) is 5.93. The van der Waals surface area contributed by atoms with E-state index in [4.69, 9.17) is 11.6 Å². The predicted molar refractivity (Wildman–Crippen MR) is 127 cm³/mol. The first-order valence-corrected chi connectivity index (χ1v) is 11.8. The van der Waals surface area contributed by atoms with E-state index in [9.17, 15) is 14.4 Å². The Hall–Kier alpha value is -2.54. The third-order valence-corrected chi connectivity index (χ3v) is 6.16. The summed E-state index contributed by atoms with van der Waals surface area (Å²) in [6, 6.07) is 4.65. The fourth-order valence-corrected chi connectivity index (χ4v) is 4.27. The molecular weight excluding hydrogens is 428 g/mol. The Balaban J connectivity index is 1.46. The van der Waals surface area contributed by atoms with Crippen molar-refractivity contribution in [2.75, 3.05) is 6.54 Å². The molecule has 8 heteroatoms. The van der Waals surface area contributed by atoms with Crippen molar-refractivity contribution >= 4 is 40.3 Å². The number of benzene rings is 1. The van der Waals surface area contributed by atoms with Crippen LogP contribution in [0.15, 0.2) is 24.4 Å². The van der Waals surface area contributed by atoms with E-state index in [2.05, 4.69) is 29.5 Å². The lowest BCUT2D eigenvalue weighted by atomic mass is 10.0. The molecule has 2 atom stereocenters. The second-order valence-corrected chi connectivity index (χ2v) is 9.51. The molecule has 2 heterocycles. The highest BCUT2D eigenvalue weighted by Gasteiger charge is 2.37. The number of aromatic amines is 1. The van der Waals surface area contributed by atoms with E-state index in [1.54, 1.807) is 0 Å². The molecule has 0 spiro atoms. The molecule has 1 saturated heterocycles. The van der Waals surface area contributed by atoms with Crippen molar-refractivity contribution < 1.29 is 14.4 Å². The number of halogens is 1. The highest BCUT2D eigenvalue weighted by Crippen LogP contribution is 2.23. The predicted octanol–water partition coefficient (Wildman–Crippen LogP) is 4.40. The molecule has 7 nitrogen and oxygen atoms in total. The maximum absolute atomic E-state index is 12.7. The van der Waals surface area contributed by atoms with Gasteiger partial charge in [0, 0.05) is 41.1 Å². The summed E-state index contributed by atoms with van der Waals surface area (Å²) in [5.74, 6) is 0.301. The molecular formula is C24H33ClN4O3. The van der Waals surface area contributed by atoms with Gasteiger partial charge < -0.3 is 15.6 Å². The number of rotatable bonds is 11. The minimum atomic E-state index is -0.651. The maximum atomic E-state index is 12.7. The summed E-state index contributed by atoms with van der Waals surface area (Å²) in [7, 11) is 0. The first-order chi connectivity index (χ1) is 15.2. The SMILES string of the molecule is CC(C)CCCC(C)NC(=O)CC[C@@H]1NC(=O)N(CCc2c[nH]c3ccc(Cl)cc23)C1=O. The van der Waals surface area contributed by atoms with Crippen LogP contribution < -0.4 is 10.6 Å². The number of nitrogens with one attached hydrogen (secondary N) is 3. The molecule has 1 aliphatic rings. The van der Waals surface area contributed by atoms with Gasteiger partial charge in [0.15, 0.2) is 0 Å². The fourth-order valence-electron chi connectivity index (χ4n) is 4.10. The van der Waals surface area contributed by atoms with Crippen molar-refractivity contribution in [1.82, 2.24) is 20.5 Å². The quantitative estimate of drug-likeness (QED) is 0.434. The zero-order chi connectivity index (χ0) is 23.3. The first kappa shape index (κ1) is 24.1. The number of carbonyl (C=O) groups is 3. The molecule has 0 radical (unpaired) electrons. The molecule has 4 amide bonds. The van der Waals surface area contributed by atoms with Gasteiger partial charge in [0.2, 0.25) is 5.91 Å². The normalized spacial score (nSPS) is 17.3. The largest absolute Gasteiger partial charge is 0.361 e. The van der Waals surface area contributed by atoms with E-state index < -0.39 is 12.1 Å². The smallest absolute Gasteiger partial charge is 0.324 e. The number of amides is 4. The molecule has 1 aromatic carbocycles. The van der Waals surface area contributed by atoms with Crippen molar-refractivity contribution in [2.45, 2.75) is 71.4 Å². The van der Waals surface area contributed by atoms with Crippen LogP contribution in [0.3, 0.4) is 0 Å². The Morgan fingerprint density at radius 1 is 1.22 bits per heavy atom. The average molecular weight is 461 g/mol. The van der Waals surface area contributed by atoms with E-state index in [0.29, 0.717) is 23.8 Å². The molecule has 1 aliphatic heterocycles. The van der Waals surface area contributed by atoms with Gasteiger partial charge in [-0.25, -0.2) is 4.79 Å². The Bertz CT molecular complexity index is 971. The maximum Gasteiger partial charge on any atom is 0.324 e. The molecule has 3 N–H and O–H groups in total. The van der Waals surface area contributed by atoms with Gasteiger partial charge in [-0.05, 0) is 55.9 Å². The first-order valence-electron chi connectivity index (χ1n) is 11.4. The number of H-pyrrole nitrogens is 1. The lowest BCUT2D eigenvalue weighted by molar-refractivity contribution is -0.127. The van der Waals surface area contributed by atoms with Gasteiger partial charge >= 0.3 is 6.03 Å². The fraction of sp³-hybridized carbons (Fsp3) is 0.542. The molecule has 174 valence electrons. The standard InChI is InChI=1S/C24H33ClN4O3/c1-15(2)5-4-6-16(3)27-22(30)10-9-21-23(31)29(24(32)28-21)12-11-17-14-26-20-8-7-18(25)13-19(17)20/h7-8,13-16,21,26H,4-6,9-12H2,1-3H3,(H,27,30)(H,28,32)/t16?,21-/m0/s1. The molecule has 1 unspecified atom stereocenters. The van der Waals surface area contributed by atoms with E-state index in [1.807, 2.05) is 31.3 Å². The summed E-state index contributed by atoms with van der Waals surface area (Å²) >= 11 is 6.09. The molecule has 0 aliphatic carbocycles. The molecule has 0 bridgehead atoms. The van der Waals surface area contributed by atoms with E-state index in [0.717, 1.165) is 35.7 Å². The van der Waals surface area contributed by atoms with E-state index in [1.165, 1.54) is 4.90 Å². The zero-order valence-corrected chi connectivity index (χ0v) is 19.8. The van der Waals surface area contributed by atoms with E-state index >= 15 is 0 Å². The minimum absolute atomic E-state index is 0.0850. The van der Waals surface area contributed by atoms with Gasteiger partial charge in [-0.1, -0.05) is 38.3 Å². The van der Waals surface area contributed by atoms with Crippen LogP contribution in [0, 0.1) is 5.92 Å². The number of aromatic nitrogens is 1. The number of fused-ring (bicyclic) bond motifs is 1. The Morgan fingerprint density at radius 3 is 2.75 bits per heavy atom. The van der Waals surface area contributed by atoms with Gasteiger partial charge in [0.1, 0.15) is 6.04 Å². The Morgan fingerprint density at radius 2 is 2.00 bits per heavy atom. The molecule has 0 saturated carbocycles. The molecule has 1 fully saturated rings. The zero-order valence-electron chi connectivity index (χ0n) is 19.0. The lowest BCUT2D eigenvalue weighted by Gasteiger charge is -2.15. The molecule has 1 aromatic heterocycles. The van der Waals surface area contributed by atoms with Crippen LogP contribution in [0.4, 0.5) is 4.79 Å². The topological polar surface area (TPSA) is 94.3 Å². The van der Waals surface area contributed by atoms with Crippen molar-refractivity contribution in [1.29, 1.82) is 0 Å². The van der Waals surface area contributed by atoms with Crippen LogP contribution in [0.1, 0.15) is 58.4 Å². The number of hydrogen-bond donors (Lipinski definition) is 3. The van der Waals surface area contributed by atoms with Crippen LogP contribution in [-0.2, 0) is 16.0 Å². The molecule has 3 rings (SSSR count). The summed E-state index contributed by atoms with van der Waals surface area (Å²) in [5, 5.41) is 7.33. The highest BCUT2D eigenvalue weighted by atomic mass is 35.5. The van der Waals surface area contributed by atoms with Crippen molar-refractivity contribution in [3.05, 3.63) is 35.0 Å². The van der Waals surface area contributed by atoms with Crippen LogP contribution in [-0.4, -0.2) is 46.4 Å². The lowest BCUT2D eigenvalue weighted by Crippen LogP contribution is -2.35. The number of hydrogen-bond acceptors (Lipinski definition) is 3. The van der Waals surface area contributed by atoms with Gasteiger partial charge in [0.05, 0.1) is 0 Å². The minimum Gasteiger partial charge on any atom is -0.361 e. The Kier molecular flexibility index (Phi) is 8.18. The molecule has 2 aromatic rings. The van der Waals surface area contributed by atoms with Crippen LogP contribution in [0.25, 0.3) is 10.9 Å². The van der Waals surface area contributed by atoms with Crippen molar-refractivity contribution in [3.8, 4) is 0 Å². The van der Waals surface area contributed by atoms with Gasteiger partial charge in [-0.2, -0.15) is 0 Å². The summed E-state index contributed by atoms with van der Waals surface area (Å²) in [6.07, 6.45) is 6.08. The monoisotopic (exact) mass is 460 g/mol. The number of urea groups is 1. The van der Waals surface area contributed by atoms with Crippen LogP contribution >= 0.6 is 11.6 Å². The number of imide groups is 1. The second-order valence-electron chi connectivity index (χ2n) is 9.08. The number of nitrogens with zero attached hydrogens (tertiary/aromatic N) is 1. The summed E-state index contributed by atoms with van der Waals surface area (Å²) in [6.45, 7) is 6.66. The highest BCUT2D eigenvalue weighted by molar-refractivity contribution is 6.31. The van der Waals surface area contributed by atoms with Gasteiger partial charge in [0.25, 0.3) is 5.91 Å².